The standard InChI is InChI=1S/C10H14N2O4/c13-8(4-5-9(14)15)12-7-3-1-2-6-11-10(7)16/h4-5,7H,1-3,6H2,(H,11,16)(H,12,13)(H,14,15)/b5-4+/t7-/m0/s1. The number of carboxylic acids is 1. The summed E-state index contributed by atoms with van der Waals surface area (Å²) in [6.45, 7) is 0.621. The molecule has 0 radical (unpaired) electrons. The van der Waals surface area contributed by atoms with Gasteiger partial charge in [0, 0.05) is 18.7 Å². The number of hydrogen-bond acceptors (Lipinski definition) is 3. The third-order valence-corrected chi connectivity index (χ3v) is 2.23. The van der Waals surface area contributed by atoms with E-state index in [1.807, 2.05) is 0 Å². The molecule has 3 N–H and O–H groups in total. The zero-order valence-corrected chi connectivity index (χ0v) is 8.73. The number of carboxylic acid groups (broad SMARTS) is 1. The molecule has 1 aliphatic rings. The van der Waals surface area contributed by atoms with Crippen molar-refractivity contribution in [1.29, 1.82) is 0 Å². The molecule has 0 aromatic rings. The van der Waals surface area contributed by atoms with E-state index in [1.165, 1.54) is 0 Å². The summed E-state index contributed by atoms with van der Waals surface area (Å²) in [5.74, 6) is -1.97. The Morgan fingerprint density at radius 2 is 2.12 bits per heavy atom. The van der Waals surface area contributed by atoms with Crippen molar-refractivity contribution >= 4 is 17.8 Å². The van der Waals surface area contributed by atoms with E-state index in [1.54, 1.807) is 0 Å². The smallest absolute Gasteiger partial charge is 0.328 e. The van der Waals surface area contributed by atoms with Gasteiger partial charge in [0.2, 0.25) is 11.8 Å². The molecule has 1 heterocycles. The molecule has 2 amide bonds. The second kappa shape index (κ2) is 5.89. The predicted octanol–water partition coefficient (Wildman–Crippen LogP) is -0.588. The molecule has 1 atom stereocenters. The van der Waals surface area contributed by atoms with Crippen LogP contribution in [-0.2, 0) is 14.4 Å². The molecule has 6 heteroatoms. The molecule has 0 aromatic carbocycles. The Kier molecular flexibility index (Phi) is 4.50. The fourth-order valence-corrected chi connectivity index (χ4v) is 1.44. The van der Waals surface area contributed by atoms with Crippen LogP contribution in [0, 0.1) is 0 Å². The van der Waals surface area contributed by atoms with Crippen LogP contribution in [-0.4, -0.2) is 35.5 Å². The molecule has 0 aliphatic carbocycles. The van der Waals surface area contributed by atoms with Crippen LogP contribution in [0.2, 0.25) is 0 Å². The third kappa shape index (κ3) is 4.12. The van der Waals surface area contributed by atoms with Crippen molar-refractivity contribution < 1.29 is 19.5 Å². The lowest BCUT2D eigenvalue weighted by atomic mass is 10.1. The highest BCUT2D eigenvalue weighted by Crippen LogP contribution is 2.05. The topological polar surface area (TPSA) is 95.5 Å². The summed E-state index contributed by atoms with van der Waals surface area (Å²) in [6.07, 6.45) is 3.97. The zero-order chi connectivity index (χ0) is 12.0. The minimum Gasteiger partial charge on any atom is -0.478 e. The number of nitrogens with one attached hydrogen (secondary N) is 2. The van der Waals surface area contributed by atoms with Crippen molar-refractivity contribution in [2.75, 3.05) is 6.54 Å². The van der Waals surface area contributed by atoms with E-state index in [2.05, 4.69) is 10.6 Å². The molecule has 0 aromatic heterocycles. The molecule has 6 nitrogen and oxygen atoms in total. The number of aliphatic carboxylic acids is 1. The second-order valence-electron chi connectivity index (χ2n) is 3.52. The second-order valence-corrected chi connectivity index (χ2v) is 3.52. The van der Waals surface area contributed by atoms with Crippen LogP contribution in [0.25, 0.3) is 0 Å². The Morgan fingerprint density at radius 1 is 1.38 bits per heavy atom. The van der Waals surface area contributed by atoms with E-state index in [4.69, 9.17) is 5.11 Å². The quantitative estimate of drug-likeness (QED) is 0.560. The van der Waals surface area contributed by atoms with Crippen LogP contribution >= 0.6 is 0 Å². The van der Waals surface area contributed by atoms with E-state index in [0.29, 0.717) is 13.0 Å². The molecular formula is C10H14N2O4. The number of amides is 2. The first-order valence-electron chi connectivity index (χ1n) is 5.09. The van der Waals surface area contributed by atoms with Gasteiger partial charge < -0.3 is 15.7 Å². The fourth-order valence-electron chi connectivity index (χ4n) is 1.44. The molecule has 0 saturated carbocycles. The maximum Gasteiger partial charge on any atom is 0.328 e. The summed E-state index contributed by atoms with van der Waals surface area (Å²) in [5, 5.41) is 13.5. The summed E-state index contributed by atoms with van der Waals surface area (Å²) < 4.78 is 0. The Labute approximate surface area is 92.7 Å². The molecule has 1 fully saturated rings. The van der Waals surface area contributed by atoms with Gasteiger partial charge in [-0.1, -0.05) is 0 Å². The molecule has 0 spiro atoms. The first-order valence-corrected chi connectivity index (χ1v) is 5.09. The fraction of sp³-hybridized carbons (Fsp3) is 0.500. The first-order chi connectivity index (χ1) is 7.59. The molecular weight excluding hydrogens is 212 g/mol. The molecule has 1 rings (SSSR count). The highest BCUT2D eigenvalue weighted by Gasteiger charge is 2.21. The lowest BCUT2D eigenvalue weighted by Crippen LogP contribution is -2.44. The Balaban J connectivity index is 2.48. The zero-order valence-electron chi connectivity index (χ0n) is 8.73. The van der Waals surface area contributed by atoms with Crippen molar-refractivity contribution in [3.05, 3.63) is 12.2 Å². The molecule has 1 saturated heterocycles. The molecule has 0 unspecified atom stereocenters. The van der Waals surface area contributed by atoms with Gasteiger partial charge in [-0.2, -0.15) is 0 Å². The minimum absolute atomic E-state index is 0.213. The van der Waals surface area contributed by atoms with E-state index < -0.39 is 17.9 Å². The van der Waals surface area contributed by atoms with Gasteiger partial charge in [-0.05, 0) is 19.3 Å². The average molecular weight is 226 g/mol. The van der Waals surface area contributed by atoms with Crippen molar-refractivity contribution in [2.45, 2.75) is 25.3 Å². The van der Waals surface area contributed by atoms with Crippen LogP contribution < -0.4 is 10.6 Å². The van der Waals surface area contributed by atoms with Gasteiger partial charge in [-0.3, -0.25) is 9.59 Å². The normalized spacial score (nSPS) is 21.2. The number of carbonyl (C=O) groups is 3. The van der Waals surface area contributed by atoms with Crippen LogP contribution in [0.5, 0.6) is 0 Å². The molecule has 0 bridgehead atoms. The molecule has 16 heavy (non-hydrogen) atoms. The van der Waals surface area contributed by atoms with Crippen LogP contribution in [0.4, 0.5) is 0 Å². The highest BCUT2D eigenvalue weighted by atomic mass is 16.4. The summed E-state index contributed by atoms with van der Waals surface area (Å²) in [7, 11) is 0. The van der Waals surface area contributed by atoms with Crippen molar-refractivity contribution in [3.8, 4) is 0 Å². The summed E-state index contributed by atoms with van der Waals surface area (Å²) in [4.78, 5) is 32.8. The van der Waals surface area contributed by atoms with E-state index in [-0.39, 0.29) is 5.91 Å². The van der Waals surface area contributed by atoms with Gasteiger partial charge in [-0.15, -0.1) is 0 Å². The van der Waals surface area contributed by atoms with Crippen LogP contribution in [0.15, 0.2) is 12.2 Å². The molecule has 1 aliphatic heterocycles. The van der Waals surface area contributed by atoms with E-state index in [0.717, 1.165) is 25.0 Å². The van der Waals surface area contributed by atoms with Gasteiger partial charge in [0.25, 0.3) is 0 Å². The van der Waals surface area contributed by atoms with Crippen molar-refractivity contribution in [1.82, 2.24) is 10.6 Å². The van der Waals surface area contributed by atoms with Gasteiger partial charge in [-0.25, -0.2) is 4.79 Å². The summed E-state index contributed by atoms with van der Waals surface area (Å²) in [6, 6.07) is -0.562. The highest BCUT2D eigenvalue weighted by molar-refractivity contribution is 5.96. The van der Waals surface area contributed by atoms with E-state index >= 15 is 0 Å². The number of hydrogen-bond donors (Lipinski definition) is 3. The Hall–Kier alpha value is -1.85. The first kappa shape index (κ1) is 12.2. The van der Waals surface area contributed by atoms with Crippen molar-refractivity contribution in [2.24, 2.45) is 0 Å². The lowest BCUT2D eigenvalue weighted by molar-refractivity contribution is -0.131. The van der Waals surface area contributed by atoms with Crippen LogP contribution in [0.1, 0.15) is 19.3 Å². The SMILES string of the molecule is O=C(O)/C=C/C(=O)N[C@H]1CCCCNC1=O. The average Bonchev–Trinajstić information content (AvgIpc) is 2.42. The number of carbonyl (C=O) groups excluding carboxylic acids is 2. The Bertz CT molecular complexity index is 325. The summed E-state index contributed by atoms with van der Waals surface area (Å²) >= 11 is 0. The monoisotopic (exact) mass is 226 g/mol. The van der Waals surface area contributed by atoms with Gasteiger partial charge in [0.15, 0.2) is 0 Å². The van der Waals surface area contributed by atoms with Crippen molar-refractivity contribution in [3.63, 3.8) is 0 Å². The third-order valence-electron chi connectivity index (χ3n) is 2.23. The maximum atomic E-state index is 11.4. The van der Waals surface area contributed by atoms with Gasteiger partial charge in [0.1, 0.15) is 6.04 Å². The van der Waals surface area contributed by atoms with Crippen LogP contribution in [0.3, 0.4) is 0 Å². The number of rotatable bonds is 3. The summed E-state index contributed by atoms with van der Waals surface area (Å²) in [5.41, 5.74) is 0. The lowest BCUT2D eigenvalue weighted by Gasteiger charge is -2.13. The maximum absolute atomic E-state index is 11.4. The largest absolute Gasteiger partial charge is 0.478 e. The van der Waals surface area contributed by atoms with E-state index in [9.17, 15) is 14.4 Å². The Morgan fingerprint density at radius 3 is 2.81 bits per heavy atom. The predicted molar refractivity (Wildman–Crippen MR) is 55.6 cm³/mol. The molecule has 88 valence electrons. The minimum atomic E-state index is -1.19. The van der Waals surface area contributed by atoms with Gasteiger partial charge >= 0.3 is 5.97 Å². The van der Waals surface area contributed by atoms with Gasteiger partial charge in [0.05, 0.1) is 0 Å².